The van der Waals surface area contributed by atoms with Crippen molar-refractivity contribution in [2.45, 2.75) is 0 Å². The van der Waals surface area contributed by atoms with Crippen LogP contribution < -0.4 is 20.1 Å². The molecule has 0 spiro atoms. The molecule has 1 heterocycles. The van der Waals surface area contributed by atoms with Gasteiger partial charge in [0.15, 0.2) is 0 Å². The Morgan fingerprint density at radius 1 is 1.24 bits per heavy atom. The summed E-state index contributed by atoms with van der Waals surface area (Å²) in [5, 5.41) is 5.92. The Kier molecular flexibility index (Phi) is 3.49. The maximum absolute atomic E-state index is 11.8. The molecule has 2 rings (SSSR count). The molecular weight excluding hydrogens is 220 g/mol. The number of methoxy groups -OCH3 is 2. The molecule has 1 amide bonds. The smallest absolute Gasteiger partial charge is 0.230 e. The van der Waals surface area contributed by atoms with E-state index in [1.165, 1.54) is 0 Å². The summed E-state index contributed by atoms with van der Waals surface area (Å²) in [6.45, 7) is 1.49. The molecule has 1 saturated heterocycles. The van der Waals surface area contributed by atoms with E-state index >= 15 is 0 Å². The molecule has 1 aliphatic rings. The summed E-state index contributed by atoms with van der Waals surface area (Å²) in [7, 11) is 3.16. The summed E-state index contributed by atoms with van der Waals surface area (Å²) in [5.41, 5.74) is 0.693. The number of hydrogen-bond acceptors (Lipinski definition) is 4. The quantitative estimate of drug-likeness (QED) is 0.814. The van der Waals surface area contributed by atoms with Crippen LogP contribution >= 0.6 is 0 Å². The van der Waals surface area contributed by atoms with Gasteiger partial charge in [0.05, 0.1) is 20.1 Å². The van der Waals surface area contributed by atoms with Crippen molar-refractivity contribution in [1.82, 2.24) is 5.32 Å². The monoisotopic (exact) mass is 236 g/mol. The van der Waals surface area contributed by atoms with E-state index in [-0.39, 0.29) is 11.8 Å². The lowest BCUT2D eigenvalue weighted by atomic mass is 10.0. The van der Waals surface area contributed by atoms with Gasteiger partial charge in [0, 0.05) is 37.0 Å². The number of carbonyl (C=O) groups is 1. The van der Waals surface area contributed by atoms with Crippen LogP contribution in [0.1, 0.15) is 0 Å². The third kappa shape index (κ3) is 2.68. The first kappa shape index (κ1) is 11.7. The average molecular weight is 236 g/mol. The largest absolute Gasteiger partial charge is 0.497 e. The molecule has 1 aromatic carbocycles. The Hall–Kier alpha value is -1.75. The van der Waals surface area contributed by atoms with Crippen LogP contribution in [0.2, 0.25) is 0 Å². The van der Waals surface area contributed by atoms with E-state index < -0.39 is 0 Å². The third-order valence-corrected chi connectivity index (χ3v) is 2.77. The van der Waals surface area contributed by atoms with Crippen molar-refractivity contribution < 1.29 is 14.3 Å². The highest BCUT2D eigenvalue weighted by molar-refractivity contribution is 5.93. The second-order valence-corrected chi connectivity index (χ2v) is 3.95. The summed E-state index contributed by atoms with van der Waals surface area (Å²) in [4.78, 5) is 11.8. The van der Waals surface area contributed by atoms with E-state index in [2.05, 4.69) is 10.6 Å². The highest BCUT2D eigenvalue weighted by atomic mass is 16.5. The normalized spacial score (nSPS) is 14.9. The van der Waals surface area contributed by atoms with Crippen LogP contribution in [-0.2, 0) is 4.79 Å². The van der Waals surface area contributed by atoms with Crippen LogP contribution in [0.15, 0.2) is 18.2 Å². The number of hydrogen-bond donors (Lipinski definition) is 2. The van der Waals surface area contributed by atoms with Crippen molar-refractivity contribution in [3.63, 3.8) is 0 Å². The standard InChI is InChI=1S/C12H16N2O3/c1-16-10-3-9(4-11(5-10)17-2)14-12(15)8-6-13-7-8/h3-5,8,13H,6-7H2,1-2H3,(H,14,15). The fourth-order valence-corrected chi connectivity index (χ4v) is 1.60. The first-order valence-electron chi connectivity index (χ1n) is 5.47. The lowest BCUT2D eigenvalue weighted by Crippen LogP contribution is -2.48. The number of anilines is 1. The third-order valence-electron chi connectivity index (χ3n) is 2.77. The van der Waals surface area contributed by atoms with Gasteiger partial charge < -0.3 is 20.1 Å². The molecule has 1 fully saturated rings. The van der Waals surface area contributed by atoms with Gasteiger partial charge in [-0.25, -0.2) is 0 Å². The second kappa shape index (κ2) is 5.05. The predicted molar refractivity (Wildman–Crippen MR) is 64.5 cm³/mol. The van der Waals surface area contributed by atoms with Crippen LogP contribution in [-0.4, -0.2) is 33.2 Å². The summed E-state index contributed by atoms with van der Waals surface area (Å²) >= 11 is 0. The van der Waals surface area contributed by atoms with Gasteiger partial charge in [-0.3, -0.25) is 4.79 Å². The fraction of sp³-hybridized carbons (Fsp3) is 0.417. The Morgan fingerprint density at radius 2 is 1.82 bits per heavy atom. The number of ether oxygens (including phenoxy) is 2. The molecule has 1 aromatic rings. The number of amides is 1. The van der Waals surface area contributed by atoms with Crippen molar-refractivity contribution in [2.24, 2.45) is 5.92 Å². The molecule has 0 aliphatic carbocycles. The maximum atomic E-state index is 11.8. The van der Waals surface area contributed by atoms with Gasteiger partial charge in [-0.1, -0.05) is 0 Å². The Balaban J connectivity index is 2.10. The van der Waals surface area contributed by atoms with Gasteiger partial charge in [-0.05, 0) is 0 Å². The van der Waals surface area contributed by atoms with Gasteiger partial charge in [0.2, 0.25) is 5.91 Å². The summed E-state index contributed by atoms with van der Waals surface area (Å²) < 4.78 is 10.3. The minimum atomic E-state index is 0.0269. The summed E-state index contributed by atoms with van der Waals surface area (Å²) in [6.07, 6.45) is 0. The molecule has 2 N–H and O–H groups in total. The Morgan fingerprint density at radius 3 is 2.24 bits per heavy atom. The summed E-state index contributed by atoms with van der Waals surface area (Å²) in [5.74, 6) is 1.41. The van der Waals surface area contributed by atoms with E-state index in [1.807, 2.05) is 0 Å². The number of rotatable bonds is 4. The lowest BCUT2D eigenvalue weighted by molar-refractivity contribution is -0.121. The molecule has 0 saturated carbocycles. The fourth-order valence-electron chi connectivity index (χ4n) is 1.60. The van der Waals surface area contributed by atoms with Crippen molar-refractivity contribution in [3.05, 3.63) is 18.2 Å². The minimum Gasteiger partial charge on any atom is -0.497 e. The number of carbonyl (C=O) groups excluding carboxylic acids is 1. The molecule has 1 aliphatic heterocycles. The predicted octanol–water partition coefficient (Wildman–Crippen LogP) is 0.862. The highest BCUT2D eigenvalue weighted by Crippen LogP contribution is 2.26. The van der Waals surface area contributed by atoms with E-state index in [0.29, 0.717) is 17.2 Å². The first-order valence-corrected chi connectivity index (χ1v) is 5.47. The van der Waals surface area contributed by atoms with Gasteiger partial charge in [0.25, 0.3) is 0 Å². The molecule has 92 valence electrons. The van der Waals surface area contributed by atoms with E-state index in [4.69, 9.17) is 9.47 Å². The zero-order valence-electron chi connectivity index (χ0n) is 9.95. The Labute approximate surface area is 100 Å². The molecule has 0 aromatic heterocycles. The van der Waals surface area contributed by atoms with Crippen LogP contribution in [0.25, 0.3) is 0 Å². The van der Waals surface area contributed by atoms with Gasteiger partial charge in [0.1, 0.15) is 11.5 Å². The lowest BCUT2D eigenvalue weighted by Gasteiger charge is -2.25. The van der Waals surface area contributed by atoms with Crippen LogP contribution in [0, 0.1) is 5.92 Å². The molecule has 5 heteroatoms. The van der Waals surface area contributed by atoms with Crippen LogP contribution in [0.4, 0.5) is 5.69 Å². The number of benzene rings is 1. The average Bonchev–Trinajstić information content (AvgIpc) is 2.25. The van der Waals surface area contributed by atoms with E-state index in [1.54, 1.807) is 32.4 Å². The second-order valence-electron chi connectivity index (χ2n) is 3.95. The minimum absolute atomic E-state index is 0.0269. The van der Waals surface area contributed by atoms with Gasteiger partial charge >= 0.3 is 0 Å². The van der Waals surface area contributed by atoms with Gasteiger partial charge in [-0.15, -0.1) is 0 Å². The molecule has 0 bridgehead atoms. The molecule has 5 nitrogen and oxygen atoms in total. The molecule has 0 radical (unpaired) electrons. The van der Waals surface area contributed by atoms with Crippen molar-refractivity contribution >= 4 is 11.6 Å². The van der Waals surface area contributed by atoms with Crippen molar-refractivity contribution in [2.75, 3.05) is 32.6 Å². The molecule has 0 atom stereocenters. The molecular formula is C12H16N2O3. The first-order chi connectivity index (χ1) is 8.22. The van der Waals surface area contributed by atoms with Crippen molar-refractivity contribution in [1.29, 1.82) is 0 Å². The number of nitrogens with one attached hydrogen (secondary N) is 2. The van der Waals surface area contributed by atoms with Crippen LogP contribution in [0.5, 0.6) is 11.5 Å². The molecule has 0 unspecified atom stereocenters. The van der Waals surface area contributed by atoms with Gasteiger partial charge in [-0.2, -0.15) is 0 Å². The zero-order chi connectivity index (χ0) is 12.3. The topological polar surface area (TPSA) is 59.6 Å². The maximum Gasteiger partial charge on any atom is 0.230 e. The SMILES string of the molecule is COc1cc(NC(=O)C2CNC2)cc(OC)c1. The zero-order valence-corrected chi connectivity index (χ0v) is 9.95. The Bertz CT molecular complexity index is 394. The highest BCUT2D eigenvalue weighted by Gasteiger charge is 2.24. The molecule has 17 heavy (non-hydrogen) atoms. The summed E-state index contributed by atoms with van der Waals surface area (Å²) in [6, 6.07) is 5.31. The van der Waals surface area contributed by atoms with E-state index in [0.717, 1.165) is 13.1 Å². The van der Waals surface area contributed by atoms with Crippen LogP contribution in [0.3, 0.4) is 0 Å². The van der Waals surface area contributed by atoms with Crippen molar-refractivity contribution in [3.8, 4) is 11.5 Å². The van der Waals surface area contributed by atoms with E-state index in [9.17, 15) is 4.79 Å².